The third kappa shape index (κ3) is 2.75. The Kier molecular flexibility index (Phi) is 4.45. The molecular formula is C16H20ClNO4. The predicted octanol–water partition coefficient (Wildman–Crippen LogP) is 2.80. The highest BCUT2D eigenvalue weighted by Gasteiger charge is 2.34. The van der Waals surface area contributed by atoms with E-state index >= 15 is 0 Å². The first-order valence-corrected chi connectivity index (χ1v) is 8.06. The van der Waals surface area contributed by atoms with Crippen LogP contribution in [-0.2, 0) is 11.2 Å². The van der Waals surface area contributed by atoms with Gasteiger partial charge in [0.05, 0.1) is 19.1 Å². The maximum Gasteiger partial charge on any atom is 0.307 e. The summed E-state index contributed by atoms with van der Waals surface area (Å²) in [7, 11) is 0. The number of carboxylic acid groups (broad SMARTS) is 1. The molecule has 2 N–H and O–H groups in total. The molecule has 0 amide bonds. The first-order valence-electron chi connectivity index (χ1n) is 7.68. The lowest BCUT2D eigenvalue weighted by Gasteiger charge is -2.21. The van der Waals surface area contributed by atoms with Crippen LogP contribution in [0.4, 0.5) is 0 Å². The van der Waals surface area contributed by atoms with Crippen LogP contribution in [-0.4, -0.2) is 30.8 Å². The number of halogens is 1. The summed E-state index contributed by atoms with van der Waals surface area (Å²) in [5.41, 5.74) is 1.98. The van der Waals surface area contributed by atoms with E-state index < -0.39 is 5.97 Å². The van der Waals surface area contributed by atoms with Gasteiger partial charge in [-0.25, -0.2) is 0 Å². The number of ether oxygens (including phenoxy) is 2. The first kappa shape index (κ1) is 15.4. The molecule has 0 aromatic heterocycles. The molecule has 1 saturated heterocycles. The van der Waals surface area contributed by atoms with Crippen LogP contribution in [0.15, 0.2) is 6.07 Å². The van der Waals surface area contributed by atoms with E-state index in [-0.39, 0.29) is 12.0 Å². The van der Waals surface area contributed by atoms with Gasteiger partial charge in [0.2, 0.25) is 0 Å². The Morgan fingerprint density at radius 2 is 2.23 bits per heavy atom. The minimum atomic E-state index is -0.765. The fraction of sp³-hybridized carbons (Fsp3) is 0.562. The third-order valence-electron chi connectivity index (χ3n) is 4.31. The van der Waals surface area contributed by atoms with Crippen molar-refractivity contribution in [2.45, 2.75) is 32.2 Å². The first-order chi connectivity index (χ1) is 10.6. The Morgan fingerprint density at radius 1 is 1.45 bits per heavy atom. The second-order valence-electron chi connectivity index (χ2n) is 5.71. The summed E-state index contributed by atoms with van der Waals surface area (Å²) in [5.74, 6) is 0.316. The Morgan fingerprint density at radius 3 is 2.91 bits per heavy atom. The summed E-state index contributed by atoms with van der Waals surface area (Å²) in [6, 6.07) is 1.74. The topological polar surface area (TPSA) is 67.8 Å². The molecular weight excluding hydrogens is 306 g/mol. The summed E-state index contributed by atoms with van der Waals surface area (Å²) >= 11 is 6.48. The van der Waals surface area contributed by atoms with Crippen molar-refractivity contribution in [2.75, 3.05) is 19.8 Å². The zero-order valence-electron chi connectivity index (χ0n) is 12.5. The van der Waals surface area contributed by atoms with Crippen molar-refractivity contribution in [3.8, 4) is 11.5 Å². The average molecular weight is 326 g/mol. The summed E-state index contributed by atoms with van der Waals surface area (Å²) in [6.45, 7) is 3.76. The van der Waals surface area contributed by atoms with Gasteiger partial charge in [-0.15, -0.1) is 0 Å². The average Bonchev–Trinajstić information content (AvgIpc) is 2.86. The fourth-order valence-electron chi connectivity index (χ4n) is 3.23. The number of carbonyl (C=O) groups is 1. The van der Waals surface area contributed by atoms with Crippen LogP contribution in [0.5, 0.6) is 11.5 Å². The van der Waals surface area contributed by atoms with Crippen molar-refractivity contribution in [3.05, 3.63) is 22.2 Å². The molecule has 1 aromatic rings. The van der Waals surface area contributed by atoms with Crippen LogP contribution < -0.4 is 14.8 Å². The molecule has 0 saturated carbocycles. The van der Waals surface area contributed by atoms with Crippen LogP contribution in [0.25, 0.3) is 0 Å². The van der Waals surface area contributed by atoms with E-state index in [1.165, 1.54) is 0 Å². The van der Waals surface area contributed by atoms with Gasteiger partial charge in [0.25, 0.3) is 0 Å². The van der Waals surface area contributed by atoms with Gasteiger partial charge in [-0.05, 0) is 18.4 Å². The van der Waals surface area contributed by atoms with Crippen molar-refractivity contribution in [2.24, 2.45) is 5.92 Å². The van der Waals surface area contributed by atoms with Crippen molar-refractivity contribution in [1.29, 1.82) is 0 Å². The lowest BCUT2D eigenvalue weighted by atomic mass is 9.93. The largest absolute Gasteiger partial charge is 0.489 e. The number of rotatable bonds is 3. The SMILES string of the molecule is CCc1c2c(cc(Cl)c1C1CC(C(=O)O)CN1)OCCCO2. The molecule has 1 aromatic carbocycles. The normalized spacial score (nSPS) is 24.1. The third-order valence-corrected chi connectivity index (χ3v) is 4.63. The highest BCUT2D eigenvalue weighted by Crippen LogP contribution is 2.44. The molecule has 0 radical (unpaired) electrons. The van der Waals surface area contributed by atoms with Gasteiger partial charge < -0.3 is 19.9 Å². The van der Waals surface area contributed by atoms with Crippen molar-refractivity contribution in [1.82, 2.24) is 5.32 Å². The number of carboxylic acids is 1. The highest BCUT2D eigenvalue weighted by atomic mass is 35.5. The molecule has 2 atom stereocenters. The Labute approximate surface area is 134 Å². The van der Waals surface area contributed by atoms with Crippen LogP contribution in [0, 0.1) is 5.92 Å². The molecule has 5 nitrogen and oxygen atoms in total. The minimum absolute atomic E-state index is 0.0549. The zero-order chi connectivity index (χ0) is 15.7. The summed E-state index contributed by atoms with van der Waals surface area (Å²) in [4.78, 5) is 11.2. The second kappa shape index (κ2) is 6.34. The van der Waals surface area contributed by atoms with E-state index in [1.807, 2.05) is 6.92 Å². The van der Waals surface area contributed by atoms with Gasteiger partial charge in [-0.2, -0.15) is 0 Å². The number of hydrogen-bond donors (Lipinski definition) is 2. The molecule has 6 heteroatoms. The van der Waals surface area contributed by atoms with E-state index in [0.29, 0.717) is 37.0 Å². The van der Waals surface area contributed by atoms with E-state index in [2.05, 4.69) is 5.32 Å². The highest BCUT2D eigenvalue weighted by molar-refractivity contribution is 6.31. The lowest BCUT2D eigenvalue weighted by Crippen LogP contribution is -2.18. The van der Waals surface area contributed by atoms with E-state index in [4.69, 9.17) is 21.1 Å². The van der Waals surface area contributed by atoms with Crippen LogP contribution >= 0.6 is 11.6 Å². The second-order valence-corrected chi connectivity index (χ2v) is 6.12. The van der Waals surface area contributed by atoms with Crippen molar-refractivity contribution in [3.63, 3.8) is 0 Å². The van der Waals surface area contributed by atoms with Gasteiger partial charge >= 0.3 is 5.97 Å². The molecule has 2 heterocycles. The Balaban J connectivity index is 2.00. The van der Waals surface area contributed by atoms with Crippen LogP contribution in [0.2, 0.25) is 5.02 Å². The van der Waals surface area contributed by atoms with Crippen LogP contribution in [0.1, 0.15) is 36.9 Å². The smallest absolute Gasteiger partial charge is 0.307 e. The minimum Gasteiger partial charge on any atom is -0.489 e. The molecule has 0 spiro atoms. The molecule has 0 bridgehead atoms. The monoisotopic (exact) mass is 325 g/mol. The van der Waals surface area contributed by atoms with Crippen molar-refractivity contribution >= 4 is 17.6 Å². The molecule has 0 aliphatic carbocycles. The van der Waals surface area contributed by atoms with E-state index in [0.717, 1.165) is 29.7 Å². The number of fused-ring (bicyclic) bond motifs is 1. The Hall–Kier alpha value is -1.46. The van der Waals surface area contributed by atoms with E-state index in [9.17, 15) is 9.90 Å². The Bertz CT molecular complexity index is 590. The maximum atomic E-state index is 11.2. The van der Waals surface area contributed by atoms with Gasteiger partial charge in [0.15, 0.2) is 11.5 Å². The standard InChI is InChI=1S/C16H20ClNO4/c1-2-10-14(12-6-9(8-18-12)16(19)20)11(17)7-13-15(10)22-5-3-4-21-13/h7,9,12,18H,2-6,8H2,1H3,(H,19,20). The molecule has 1 fully saturated rings. The summed E-state index contributed by atoms with van der Waals surface area (Å²) in [5, 5.41) is 13.1. The molecule has 2 unspecified atom stereocenters. The number of hydrogen-bond acceptors (Lipinski definition) is 4. The van der Waals surface area contributed by atoms with E-state index in [1.54, 1.807) is 6.07 Å². The predicted molar refractivity (Wildman–Crippen MR) is 82.9 cm³/mol. The number of benzene rings is 1. The van der Waals surface area contributed by atoms with Gasteiger partial charge in [-0.1, -0.05) is 18.5 Å². The summed E-state index contributed by atoms with van der Waals surface area (Å²) in [6.07, 6.45) is 2.15. The molecule has 2 aliphatic rings. The molecule has 3 rings (SSSR count). The maximum absolute atomic E-state index is 11.2. The number of nitrogens with one attached hydrogen (secondary N) is 1. The van der Waals surface area contributed by atoms with Crippen molar-refractivity contribution < 1.29 is 19.4 Å². The fourth-order valence-corrected chi connectivity index (χ4v) is 3.57. The number of aliphatic carboxylic acids is 1. The van der Waals surface area contributed by atoms with Gasteiger partial charge in [0, 0.05) is 35.7 Å². The summed E-state index contributed by atoms with van der Waals surface area (Å²) < 4.78 is 11.6. The zero-order valence-corrected chi connectivity index (χ0v) is 13.3. The lowest BCUT2D eigenvalue weighted by molar-refractivity contribution is -0.141. The quantitative estimate of drug-likeness (QED) is 0.894. The molecule has 22 heavy (non-hydrogen) atoms. The molecule has 120 valence electrons. The van der Waals surface area contributed by atoms with Gasteiger partial charge in [0.1, 0.15) is 0 Å². The van der Waals surface area contributed by atoms with Gasteiger partial charge in [-0.3, -0.25) is 4.79 Å². The van der Waals surface area contributed by atoms with Crippen LogP contribution in [0.3, 0.4) is 0 Å². The molecule has 2 aliphatic heterocycles.